The maximum atomic E-state index is 12.9. The number of rotatable bonds is 18. The minimum absolute atomic E-state index is 0.113. The number of nitrogens with zero attached hydrogens (tertiary/aromatic N) is 1. The summed E-state index contributed by atoms with van der Waals surface area (Å²) in [4.78, 5) is 64.4. The lowest BCUT2D eigenvalue weighted by atomic mass is 10.1. The number of nitrogens with one attached hydrogen (secondary N) is 3. The summed E-state index contributed by atoms with van der Waals surface area (Å²) in [7, 11) is 0. The third-order valence-electron chi connectivity index (χ3n) is 4.87. The molecule has 0 rings (SSSR count). The lowest BCUT2D eigenvalue weighted by molar-refractivity contribution is -0.142. The maximum Gasteiger partial charge on any atom is 0.326 e. The summed E-state index contributed by atoms with van der Waals surface area (Å²) < 4.78 is 0. The van der Waals surface area contributed by atoms with Crippen molar-refractivity contribution in [2.24, 2.45) is 33.7 Å². The molecule has 0 spiro atoms. The van der Waals surface area contributed by atoms with E-state index >= 15 is 0 Å². The van der Waals surface area contributed by atoms with Crippen molar-refractivity contribution in [2.45, 2.75) is 76.0 Å². The summed E-state index contributed by atoms with van der Waals surface area (Å²) in [6, 6.07) is -4.48. The molecule has 4 unspecified atom stereocenters. The van der Waals surface area contributed by atoms with Crippen LogP contribution in [0.2, 0.25) is 0 Å². The molecular formula is C20H39N9O6. The van der Waals surface area contributed by atoms with E-state index in [1.54, 1.807) is 0 Å². The van der Waals surface area contributed by atoms with E-state index in [4.69, 9.17) is 28.7 Å². The second-order valence-corrected chi connectivity index (χ2v) is 8.05. The van der Waals surface area contributed by atoms with Gasteiger partial charge in [0.05, 0.1) is 6.04 Å². The van der Waals surface area contributed by atoms with E-state index in [0.717, 1.165) is 0 Å². The molecule has 0 aliphatic rings. The van der Waals surface area contributed by atoms with Gasteiger partial charge >= 0.3 is 5.97 Å². The Hall–Kier alpha value is -3.46. The molecule has 0 radical (unpaired) electrons. The predicted molar refractivity (Wildman–Crippen MR) is 128 cm³/mol. The van der Waals surface area contributed by atoms with Gasteiger partial charge in [-0.1, -0.05) is 0 Å². The third-order valence-corrected chi connectivity index (χ3v) is 4.87. The fraction of sp³-hybridized carbons (Fsp3) is 0.700. The highest BCUT2D eigenvalue weighted by Crippen LogP contribution is 2.06. The molecule has 4 atom stereocenters. The Morgan fingerprint density at radius 1 is 0.800 bits per heavy atom. The van der Waals surface area contributed by atoms with Gasteiger partial charge in [0.1, 0.15) is 18.1 Å². The summed E-state index contributed by atoms with van der Waals surface area (Å²) in [5, 5.41) is 16.7. The fourth-order valence-electron chi connectivity index (χ4n) is 2.93. The standard InChI is InChI=1S/C20H39N9O6/c1-11(22)16(31)27-12(6-4-10-26-20(24)25)17(32)28-13(7-8-15(23)30)18(33)29-14(19(34)35)5-2-3-9-21/h11-14H,2-10,21-22H2,1H3,(H2,23,30)(H,27,31)(H,28,32)(H,29,33)(H,34,35)(H4,24,25,26). The Morgan fingerprint density at radius 3 is 1.80 bits per heavy atom. The monoisotopic (exact) mass is 501 g/mol. The summed E-state index contributed by atoms with van der Waals surface area (Å²) in [6.45, 7) is 1.99. The van der Waals surface area contributed by atoms with E-state index in [2.05, 4.69) is 20.9 Å². The third kappa shape index (κ3) is 14.4. The lowest BCUT2D eigenvalue weighted by Gasteiger charge is -2.25. The van der Waals surface area contributed by atoms with Crippen molar-refractivity contribution in [1.82, 2.24) is 16.0 Å². The first-order chi connectivity index (χ1) is 16.4. The van der Waals surface area contributed by atoms with Gasteiger partial charge in [0, 0.05) is 13.0 Å². The maximum absolute atomic E-state index is 12.9. The average Bonchev–Trinajstić information content (AvgIpc) is 2.76. The number of carboxylic acid groups (broad SMARTS) is 1. The Kier molecular flexibility index (Phi) is 15.4. The van der Waals surface area contributed by atoms with Gasteiger partial charge in [0.15, 0.2) is 5.96 Å². The van der Waals surface area contributed by atoms with Crippen molar-refractivity contribution in [3.05, 3.63) is 0 Å². The molecule has 0 aromatic rings. The van der Waals surface area contributed by atoms with E-state index in [0.29, 0.717) is 25.8 Å². The van der Waals surface area contributed by atoms with Gasteiger partial charge in [-0.25, -0.2) is 4.79 Å². The molecule has 200 valence electrons. The number of primary amides is 1. The number of carbonyl (C=O) groups is 5. The molecule has 0 aliphatic heterocycles. The number of carboxylic acids is 1. The number of aliphatic imine (C=N–C) groups is 1. The smallest absolute Gasteiger partial charge is 0.326 e. The van der Waals surface area contributed by atoms with Gasteiger partial charge in [-0.3, -0.25) is 24.2 Å². The quantitative estimate of drug-likeness (QED) is 0.0503. The van der Waals surface area contributed by atoms with Crippen LogP contribution in [-0.2, 0) is 24.0 Å². The van der Waals surface area contributed by atoms with Gasteiger partial charge in [-0.15, -0.1) is 0 Å². The van der Waals surface area contributed by atoms with E-state index in [-0.39, 0.29) is 38.2 Å². The Bertz CT molecular complexity index is 755. The van der Waals surface area contributed by atoms with Crippen LogP contribution in [0.1, 0.15) is 51.9 Å². The molecule has 15 heteroatoms. The lowest BCUT2D eigenvalue weighted by Crippen LogP contribution is -2.57. The van der Waals surface area contributed by atoms with Gasteiger partial charge in [-0.05, 0) is 52.0 Å². The van der Waals surface area contributed by atoms with Crippen LogP contribution in [0.5, 0.6) is 0 Å². The predicted octanol–water partition coefficient (Wildman–Crippen LogP) is -3.68. The molecule has 0 fully saturated rings. The molecule has 0 bridgehead atoms. The number of unbranched alkanes of at least 4 members (excludes halogenated alkanes) is 1. The van der Waals surface area contributed by atoms with Crippen LogP contribution in [0.15, 0.2) is 4.99 Å². The zero-order valence-corrected chi connectivity index (χ0v) is 20.0. The summed E-state index contributed by atoms with van der Waals surface area (Å²) in [6.07, 6.45) is 1.18. The van der Waals surface area contributed by atoms with E-state index in [1.165, 1.54) is 6.92 Å². The van der Waals surface area contributed by atoms with E-state index in [1.807, 2.05) is 0 Å². The number of guanidine groups is 1. The molecule has 0 saturated carbocycles. The second kappa shape index (κ2) is 17.0. The number of hydrogen-bond acceptors (Lipinski definition) is 8. The van der Waals surface area contributed by atoms with Gasteiger partial charge in [0.25, 0.3) is 0 Å². The van der Waals surface area contributed by atoms with Crippen molar-refractivity contribution in [3.63, 3.8) is 0 Å². The molecular weight excluding hydrogens is 462 g/mol. The van der Waals surface area contributed by atoms with Crippen LogP contribution in [0.3, 0.4) is 0 Å². The molecule has 35 heavy (non-hydrogen) atoms. The molecule has 14 N–H and O–H groups in total. The SMILES string of the molecule is CC(N)C(=O)NC(CCCN=C(N)N)C(=O)NC(CCC(N)=O)C(=O)NC(CCCCN)C(=O)O. The molecule has 0 saturated heterocycles. The number of amides is 4. The molecule has 15 nitrogen and oxygen atoms in total. The van der Waals surface area contributed by atoms with Crippen molar-refractivity contribution < 1.29 is 29.1 Å². The number of hydrogen-bond donors (Lipinski definition) is 9. The first kappa shape index (κ1) is 31.5. The van der Waals surface area contributed by atoms with Crippen LogP contribution in [0, 0.1) is 0 Å². The van der Waals surface area contributed by atoms with Crippen LogP contribution >= 0.6 is 0 Å². The number of nitrogens with two attached hydrogens (primary N) is 5. The average molecular weight is 502 g/mol. The van der Waals surface area contributed by atoms with E-state index < -0.39 is 53.8 Å². The fourth-order valence-corrected chi connectivity index (χ4v) is 2.93. The highest BCUT2D eigenvalue weighted by atomic mass is 16.4. The minimum atomic E-state index is -1.28. The second-order valence-electron chi connectivity index (χ2n) is 8.05. The van der Waals surface area contributed by atoms with Crippen LogP contribution in [-0.4, -0.2) is 77.9 Å². The normalized spacial score (nSPS) is 14.0. The molecule has 0 heterocycles. The minimum Gasteiger partial charge on any atom is -0.480 e. The zero-order chi connectivity index (χ0) is 27.0. The molecule has 4 amide bonds. The molecule has 0 aromatic heterocycles. The van der Waals surface area contributed by atoms with Gasteiger partial charge in [-0.2, -0.15) is 0 Å². The summed E-state index contributed by atoms with van der Waals surface area (Å²) >= 11 is 0. The van der Waals surface area contributed by atoms with E-state index in [9.17, 15) is 29.1 Å². The van der Waals surface area contributed by atoms with Crippen LogP contribution < -0.4 is 44.6 Å². The van der Waals surface area contributed by atoms with Crippen LogP contribution in [0.4, 0.5) is 0 Å². The van der Waals surface area contributed by atoms with Gasteiger partial charge in [0.2, 0.25) is 23.6 Å². The van der Waals surface area contributed by atoms with Crippen molar-refractivity contribution in [3.8, 4) is 0 Å². The Morgan fingerprint density at radius 2 is 1.31 bits per heavy atom. The Balaban J connectivity index is 5.50. The summed E-state index contributed by atoms with van der Waals surface area (Å²) in [5.74, 6) is -4.24. The van der Waals surface area contributed by atoms with Crippen molar-refractivity contribution >= 4 is 35.6 Å². The molecule has 0 aliphatic carbocycles. The topological polar surface area (TPSA) is 284 Å². The number of carbonyl (C=O) groups excluding carboxylic acids is 4. The largest absolute Gasteiger partial charge is 0.480 e. The first-order valence-corrected chi connectivity index (χ1v) is 11.3. The van der Waals surface area contributed by atoms with Gasteiger partial charge < -0.3 is 49.7 Å². The Labute approximate surface area is 204 Å². The molecule has 0 aromatic carbocycles. The van der Waals surface area contributed by atoms with Crippen molar-refractivity contribution in [2.75, 3.05) is 13.1 Å². The van der Waals surface area contributed by atoms with Crippen molar-refractivity contribution in [1.29, 1.82) is 0 Å². The number of aliphatic carboxylic acids is 1. The zero-order valence-electron chi connectivity index (χ0n) is 20.0. The highest BCUT2D eigenvalue weighted by molar-refractivity contribution is 5.94. The summed E-state index contributed by atoms with van der Waals surface area (Å²) in [5.41, 5.74) is 26.7. The highest BCUT2D eigenvalue weighted by Gasteiger charge is 2.29. The first-order valence-electron chi connectivity index (χ1n) is 11.3. The van der Waals surface area contributed by atoms with Crippen LogP contribution in [0.25, 0.3) is 0 Å².